The third kappa shape index (κ3) is 15.5. The summed E-state index contributed by atoms with van der Waals surface area (Å²) < 4.78 is 32.8. The predicted octanol–water partition coefficient (Wildman–Crippen LogP) is 11.0. The Kier molecular flexibility index (Phi) is 20.7. The first-order valence-electron chi connectivity index (χ1n) is 24.4. The molecule has 11 atom stereocenters. The van der Waals surface area contributed by atoms with Gasteiger partial charge in [0.2, 0.25) is 6.29 Å². The Morgan fingerprint density at radius 3 is 1.76 bits per heavy atom. The summed E-state index contributed by atoms with van der Waals surface area (Å²) in [5, 5.41) is 0. The number of carbonyl (C=O) groups is 6. The van der Waals surface area contributed by atoms with Gasteiger partial charge in [-0.1, -0.05) is 91.5 Å². The summed E-state index contributed by atoms with van der Waals surface area (Å²) in [6, 6.07) is 0. The maximum absolute atomic E-state index is 12.8. The molecule has 0 aromatic rings. The number of Topliss-reactive ketones (excluding diaryl/α,β-unsaturated/α-hetero) is 1. The van der Waals surface area contributed by atoms with E-state index in [1.807, 2.05) is 39.8 Å². The van der Waals surface area contributed by atoms with Crippen LogP contribution in [-0.4, -0.2) is 67.5 Å². The van der Waals surface area contributed by atoms with Crippen LogP contribution in [-0.2, 0) is 52.4 Å². The second-order valence-corrected chi connectivity index (χ2v) is 19.9. The minimum atomic E-state index is -1.06. The number of allylic oxidation sites excluding steroid dienone is 2. The molecule has 0 aromatic heterocycles. The van der Waals surface area contributed by atoms with Crippen LogP contribution >= 0.6 is 0 Å². The van der Waals surface area contributed by atoms with Crippen LogP contribution < -0.4 is 0 Å². The number of unbranched alkanes of at least 4 members (excludes halogenated alkanes) is 1. The molecule has 356 valence electrons. The summed E-state index contributed by atoms with van der Waals surface area (Å²) in [4.78, 5) is 75.2. The molecule has 0 saturated heterocycles. The normalized spacial score (nSPS) is 29.2. The van der Waals surface area contributed by atoms with Crippen molar-refractivity contribution in [1.82, 2.24) is 0 Å². The molecule has 4 aliphatic carbocycles. The van der Waals surface area contributed by atoms with Gasteiger partial charge in [0.25, 0.3) is 0 Å². The van der Waals surface area contributed by atoms with Gasteiger partial charge in [-0.15, -0.1) is 0 Å². The monoisotopic (exact) mass is 885 g/mol. The lowest BCUT2D eigenvalue weighted by molar-refractivity contribution is -0.172. The minimum Gasteiger partial charge on any atom is -0.461 e. The SMILES string of the molecule is CC/C=C\CC(=O)OCC(COC(=O)C/C=C\CC)OC(=O)CC(C)CCCCC(C)CC(=O)OC(C)OC(=O)O[C@@H]1CC[C@@]2(C)[C@@H](CC[C@@H]3[C@@H]2CC[C@]2(C)[C@@H](C(C)=O)CC[C@@H]32)C1. The maximum Gasteiger partial charge on any atom is 0.511 e. The van der Waals surface area contributed by atoms with E-state index in [1.165, 1.54) is 26.2 Å². The molecule has 12 nitrogen and oxygen atoms in total. The van der Waals surface area contributed by atoms with Gasteiger partial charge in [-0.2, -0.15) is 0 Å². The number of fused-ring (bicyclic) bond motifs is 5. The molecule has 0 amide bonds. The number of esters is 4. The number of ketones is 1. The zero-order valence-corrected chi connectivity index (χ0v) is 39.8. The number of hydrogen-bond donors (Lipinski definition) is 0. The highest BCUT2D eigenvalue weighted by molar-refractivity contribution is 5.79. The van der Waals surface area contributed by atoms with E-state index in [0.29, 0.717) is 29.5 Å². The zero-order chi connectivity index (χ0) is 46.2. The van der Waals surface area contributed by atoms with Crippen molar-refractivity contribution in [3.05, 3.63) is 24.3 Å². The van der Waals surface area contributed by atoms with Gasteiger partial charge < -0.3 is 28.4 Å². The van der Waals surface area contributed by atoms with E-state index >= 15 is 0 Å². The van der Waals surface area contributed by atoms with Crippen molar-refractivity contribution < 1.29 is 57.2 Å². The van der Waals surface area contributed by atoms with E-state index in [4.69, 9.17) is 28.4 Å². The van der Waals surface area contributed by atoms with Crippen LogP contribution in [0.15, 0.2) is 24.3 Å². The van der Waals surface area contributed by atoms with E-state index in [1.54, 1.807) is 19.1 Å². The van der Waals surface area contributed by atoms with Gasteiger partial charge in [0.15, 0.2) is 6.10 Å². The highest BCUT2D eigenvalue weighted by Gasteiger charge is 2.61. The van der Waals surface area contributed by atoms with Crippen LogP contribution in [0.2, 0.25) is 0 Å². The molecule has 4 saturated carbocycles. The van der Waals surface area contributed by atoms with Crippen molar-refractivity contribution in [3.8, 4) is 0 Å². The van der Waals surface area contributed by atoms with E-state index in [9.17, 15) is 28.8 Å². The molecule has 4 aliphatic rings. The molecule has 12 heteroatoms. The lowest BCUT2D eigenvalue weighted by Crippen LogP contribution is -2.54. The van der Waals surface area contributed by atoms with Gasteiger partial charge in [0.1, 0.15) is 25.1 Å². The topological polar surface area (TPSA) is 158 Å². The van der Waals surface area contributed by atoms with Crippen LogP contribution in [0, 0.1) is 52.3 Å². The smallest absolute Gasteiger partial charge is 0.461 e. The average Bonchev–Trinajstić information content (AvgIpc) is 3.58. The van der Waals surface area contributed by atoms with Crippen LogP contribution in [0.1, 0.15) is 177 Å². The van der Waals surface area contributed by atoms with Crippen molar-refractivity contribution in [2.75, 3.05) is 13.2 Å². The first-order valence-corrected chi connectivity index (χ1v) is 24.4. The molecule has 0 N–H and O–H groups in total. The summed E-state index contributed by atoms with van der Waals surface area (Å²) in [6.07, 6.45) is 19.1. The third-order valence-corrected chi connectivity index (χ3v) is 15.1. The predicted molar refractivity (Wildman–Crippen MR) is 239 cm³/mol. The fourth-order valence-corrected chi connectivity index (χ4v) is 11.8. The second kappa shape index (κ2) is 25.1. The fraction of sp³-hybridized carbons (Fsp3) is 0.804. The van der Waals surface area contributed by atoms with Crippen molar-refractivity contribution >= 4 is 35.8 Å². The first kappa shape index (κ1) is 51.9. The van der Waals surface area contributed by atoms with Crippen molar-refractivity contribution in [3.63, 3.8) is 0 Å². The van der Waals surface area contributed by atoms with Gasteiger partial charge in [0.05, 0.1) is 12.8 Å². The van der Waals surface area contributed by atoms with E-state index in [0.717, 1.165) is 77.0 Å². The van der Waals surface area contributed by atoms with Crippen LogP contribution in [0.3, 0.4) is 0 Å². The van der Waals surface area contributed by atoms with Crippen LogP contribution in [0.25, 0.3) is 0 Å². The Bertz CT molecular complexity index is 1550. The van der Waals surface area contributed by atoms with Crippen LogP contribution in [0.4, 0.5) is 4.79 Å². The summed E-state index contributed by atoms with van der Waals surface area (Å²) in [7, 11) is 0. The van der Waals surface area contributed by atoms with Gasteiger partial charge in [-0.3, -0.25) is 24.0 Å². The zero-order valence-electron chi connectivity index (χ0n) is 39.8. The third-order valence-electron chi connectivity index (χ3n) is 15.1. The van der Waals surface area contributed by atoms with Crippen molar-refractivity contribution in [2.24, 2.45) is 52.3 Å². The summed E-state index contributed by atoms with van der Waals surface area (Å²) in [6.45, 7) is 15.6. The first-order chi connectivity index (χ1) is 30.0. The molecule has 3 unspecified atom stereocenters. The Morgan fingerprint density at radius 1 is 0.635 bits per heavy atom. The lowest BCUT2D eigenvalue weighted by Gasteiger charge is -2.61. The standard InChI is InChI=1S/C51H80O12/c1-9-11-13-19-45(53)58-32-40(33-59-46(54)20-14-12-10-2)62-48(56)30-35(4)18-16-15-17-34(3)29-47(55)60-37(6)61-49(57)63-39-25-27-50(7)38(31-39)21-22-41-43-24-23-42(36(5)52)51(43,8)28-26-44(41)50/h11-14,34-35,37-44H,9-10,15-33H2,1-8H3/b13-11-,14-12-/t34?,35?,37?,38-,39+,41-,42+,43-,44-,50-,51+/m0/s1. The summed E-state index contributed by atoms with van der Waals surface area (Å²) in [5.74, 6) is 1.28. The highest BCUT2D eigenvalue weighted by atomic mass is 16.8. The summed E-state index contributed by atoms with van der Waals surface area (Å²) >= 11 is 0. The number of ether oxygens (including phenoxy) is 6. The second-order valence-electron chi connectivity index (χ2n) is 19.9. The average molecular weight is 885 g/mol. The highest BCUT2D eigenvalue weighted by Crippen LogP contribution is 2.67. The molecule has 0 bridgehead atoms. The van der Waals surface area contributed by atoms with Gasteiger partial charge in [-0.25, -0.2) is 4.79 Å². The Morgan fingerprint density at radius 2 is 1.19 bits per heavy atom. The minimum absolute atomic E-state index is 0.0240. The molecule has 4 rings (SSSR count). The van der Waals surface area contributed by atoms with E-state index in [-0.39, 0.29) is 73.6 Å². The lowest BCUT2D eigenvalue weighted by atomic mass is 9.44. The largest absolute Gasteiger partial charge is 0.511 e. The van der Waals surface area contributed by atoms with E-state index in [2.05, 4.69) is 13.8 Å². The molecular weight excluding hydrogens is 805 g/mol. The molecule has 0 aliphatic heterocycles. The van der Waals surface area contributed by atoms with Gasteiger partial charge in [-0.05, 0) is 124 Å². The molecule has 0 radical (unpaired) electrons. The molecular formula is C51H80O12. The maximum atomic E-state index is 12.8. The molecule has 0 aromatic carbocycles. The molecule has 0 heterocycles. The van der Waals surface area contributed by atoms with Gasteiger partial charge >= 0.3 is 30.0 Å². The van der Waals surface area contributed by atoms with Crippen LogP contribution in [0.5, 0.6) is 0 Å². The van der Waals surface area contributed by atoms with E-state index < -0.39 is 42.4 Å². The van der Waals surface area contributed by atoms with Gasteiger partial charge in [0, 0.05) is 25.7 Å². The summed E-state index contributed by atoms with van der Waals surface area (Å²) in [5.41, 5.74) is 0.363. The molecule has 0 spiro atoms. The molecule has 63 heavy (non-hydrogen) atoms. The Labute approximate surface area is 377 Å². The van der Waals surface area contributed by atoms with Crippen molar-refractivity contribution in [1.29, 1.82) is 0 Å². The number of carbonyl (C=O) groups excluding carboxylic acids is 6. The quantitative estimate of drug-likeness (QED) is 0.0297. The molecule has 4 fully saturated rings. The Hall–Kier alpha value is -3.70. The number of rotatable bonds is 24. The van der Waals surface area contributed by atoms with Crippen molar-refractivity contribution in [2.45, 2.75) is 196 Å². The number of hydrogen-bond acceptors (Lipinski definition) is 12. The Balaban J connectivity index is 1.10. The fourth-order valence-electron chi connectivity index (χ4n) is 11.8.